The molecule has 0 unspecified atom stereocenters. The maximum atomic E-state index is 6.10. The molecule has 2 nitrogen and oxygen atoms in total. The molecule has 2 heteroatoms. The zero-order valence-corrected chi connectivity index (χ0v) is 16.5. The van der Waals surface area contributed by atoms with Crippen molar-refractivity contribution in [3.8, 4) is 11.1 Å². The number of para-hydroxylation sites is 2. The van der Waals surface area contributed by atoms with Crippen molar-refractivity contribution in [3.63, 3.8) is 0 Å². The zero-order valence-electron chi connectivity index (χ0n) is 16.5. The molecule has 0 aliphatic rings. The number of furan rings is 1. The fourth-order valence-electron chi connectivity index (χ4n) is 4.74. The van der Waals surface area contributed by atoms with E-state index in [0.29, 0.717) is 6.04 Å². The Morgan fingerprint density at radius 1 is 0.655 bits per heavy atom. The summed E-state index contributed by atoms with van der Waals surface area (Å²) in [6, 6.07) is 30.6. The molecule has 0 amide bonds. The van der Waals surface area contributed by atoms with E-state index in [1.54, 1.807) is 0 Å². The van der Waals surface area contributed by atoms with Gasteiger partial charge in [0.05, 0.1) is 0 Å². The van der Waals surface area contributed by atoms with Gasteiger partial charge < -0.3 is 8.98 Å². The average molecular weight is 375 g/mol. The lowest BCUT2D eigenvalue weighted by molar-refractivity contribution is 0.642. The summed E-state index contributed by atoms with van der Waals surface area (Å²) in [5, 5.41) is 4.97. The lowest BCUT2D eigenvalue weighted by Crippen LogP contribution is -1.99. The van der Waals surface area contributed by atoms with Crippen LogP contribution in [-0.2, 0) is 0 Å². The van der Waals surface area contributed by atoms with Crippen LogP contribution in [-0.4, -0.2) is 4.57 Å². The number of nitrogens with zero attached hydrogens (tertiary/aromatic N) is 1. The van der Waals surface area contributed by atoms with Crippen LogP contribution >= 0.6 is 0 Å². The summed E-state index contributed by atoms with van der Waals surface area (Å²) in [5.74, 6) is 0. The third kappa shape index (κ3) is 2.29. The molecular formula is C27H21NO. The van der Waals surface area contributed by atoms with Gasteiger partial charge in [-0.2, -0.15) is 0 Å². The molecule has 0 atom stereocenters. The van der Waals surface area contributed by atoms with E-state index in [9.17, 15) is 0 Å². The summed E-state index contributed by atoms with van der Waals surface area (Å²) in [5.41, 5.74) is 6.90. The van der Waals surface area contributed by atoms with Gasteiger partial charge in [0, 0.05) is 38.6 Å². The number of hydrogen-bond donors (Lipinski definition) is 0. The van der Waals surface area contributed by atoms with Crippen molar-refractivity contribution in [1.29, 1.82) is 0 Å². The van der Waals surface area contributed by atoms with E-state index >= 15 is 0 Å². The van der Waals surface area contributed by atoms with E-state index < -0.39 is 0 Å². The Bertz CT molecular complexity index is 1530. The molecule has 0 aliphatic heterocycles. The summed E-state index contributed by atoms with van der Waals surface area (Å²) in [6.07, 6.45) is 0. The molecule has 29 heavy (non-hydrogen) atoms. The van der Waals surface area contributed by atoms with Gasteiger partial charge in [-0.1, -0.05) is 54.6 Å². The van der Waals surface area contributed by atoms with Crippen LogP contribution in [0.1, 0.15) is 19.9 Å². The molecule has 4 aromatic carbocycles. The molecule has 0 N–H and O–H groups in total. The zero-order chi connectivity index (χ0) is 19.5. The molecule has 2 heterocycles. The van der Waals surface area contributed by atoms with Crippen LogP contribution in [0.2, 0.25) is 0 Å². The number of hydrogen-bond acceptors (Lipinski definition) is 1. The first-order valence-electron chi connectivity index (χ1n) is 10.2. The highest BCUT2D eigenvalue weighted by Gasteiger charge is 2.16. The van der Waals surface area contributed by atoms with E-state index in [2.05, 4.69) is 91.2 Å². The van der Waals surface area contributed by atoms with Gasteiger partial charge in [-0.3, -0.25) is 0 Å². The van der Waals surface area contributed by atoms with Crippen LogP contribution in [0.15, 0.2) is 89.3 Å². The average Bonchev–Trinajstić information content (AvgIpc) is 3.29. The standard InChI is InChI=1S/C27H21NO/c1-17(2)28-23-11-5-3-8-20(23)22-16-18(14-15-24(22)28)19-10-7-13-26-27(19)21-9-4-6-12-25(21)29-26/h3-17H,1-2H3. The van der Waals surface area contributed by atoms with E-state index in [0.717, 1.165) is 11.2 Å². The minimum Gasteiger partial charge on any atom is -0.456 e. The monoisotopic (exact) mass is 375 g/mol. The van der Waals surface area contributed by atoms with Crippen LogP contribution in [0.25, 0.3) is 54.9 Å². The molecule has 0 saturated carbocycles. The van der Waals surface area contributed by atoms with Gasteiger partial charge in [-0.15, -0.1) is 0 Å². The van der Waals surface area contributed by atoms with Crippen LogP contribution in [0, 0.1) is 0 Å². The quantitative estimate of drug-likeness (QED) is 0.300. The van der Waals surface area contributed by atoms with Crippen LogP contribution < -0.4 is 0 Å². The highest BCUT2D eigenvalue weighted by atomic mass is 16.3. The third-order valence-corrected chi connectivity index (χ3v) is 5.94. The maximum Gasteiger partial charge on any atom is 0.136 e. The van der Waals surface area contributed by atoms with Crippen molar-refractivity contribution >= 4 is 43.7 Å². The van der Waals surface area contributed by atoms with Crippen molar-refractivity contribution in [2.24, 2.45) is 0 Å². The van der Waals surface area contributed by atoms with E-state index in [1.807, 2.05) is 12.1 Å². The number of benzene rings is 4. The summed E-state index contributed by atoms with van der Waals surface area (Å²) < 4.78 is 8.54. The van der Waals surface area contributed by atoms with Gasteiger partial charge in [0.2, 0.25) is 0 Å². The normalized spacial score (nSPS) is 12.1. The Morgan fingerprint density at radius 2 is 1.38 bits per heavy atom. The molecule has 0 fully saturated rings. The van der Waals surface area contributed by atoms with Crippen molar-refractivity contribution in [2.45, 2.75) is 19.9 Å². The minimum absolute atomic E-state index is 0.407. The summed E-state index contributed by atoms with van der Waals surface area (Å²) in [7, 11) is 0. The second-order valence-electron chi connectivity index (χ2n) is 7.99. The van der Waals surface area contributed by atoms with Crippen molar-refractivity contribution in [2.75, 3.05) is 0 Å². The SMILES string of the molecule is CC(C)n1c2ccccc2c2cc(-c3cccc4oc5ccccc5c34)ccc21. The Morgan fingerprint density at radius 3 is 2.24 bits per heavy atom. The molecule has 0 radical (unpaired) electrons. The largest absolute Gasteiger partial charge is 0.456 e. The van der Waals surface area contributed by atoms with E-state index in [4.69, 9.17) is 4.42 Å². The summed E-state index contributed by atoms with van der Waals surface area (Å²) in [4.78, 5) is 0. The van der Waals surface area contributed by atoms with Crippen molar-refractivity contribution in [1.82, 2.24) is 4.57 Å². The molecule has 0 bridgehead atoms. The fraction of sp³-hybridized carbons (Fsp3) is 0.111. The molecule has 6 aromatic rings. The second kappa shape index (κ2) is 5.99. The minimum atomic E-state index is 0.407. The summed E-state index contributed by atoms with van der Waals surface area (Å²) >= 11 is 0. The lowest BCUT2D eigenvalue weighted by atomic mass is 9.98. The third-order valence-electron chi connectivity index (χ3n) is 5.94. The molecule has 6 rings (SSSR count). The topological polar surface area (TPSA) is 18.1 Å². The number of rotatable bonds is 2. The van der Waals surface area contributed by atoms with Gasteiger partial charge in [0.15, 0.2) is 0 Å². The van der Waals surface area contributed by atoms with E-state index in [1.165, 1.54) is 43.7 Å². The van der Waals surface area contributed by atoms with Crippen LogP contribution in [0.3, 0.4) is 0 Å². The molecule has 0 aliphatic carbocycles. The smallest absolute Gasteiger partial charge is 0.136 e. The number of fused-ring (bicyclic) bond motifs is 6. The first-order chi connectivity index (χ1) is 14.2. The van der Waals surface area contributed by atoms with Gasteiger partial charge in [-0.25, -0.2) is 0 Å². The van der Waals surface area contributed by atoms with Crippen LogP contribution in [0.5, 0.6) is 0 Å². The van der Waals surface area contributed by atoms with Crippen LogP contribution in [0.4, 0.5) is 0 Å². The molecule has 2 aromatic heterocycles. The van der Waals surface area contributed by atoms with Gasteiger partial charge in [0.25, 0.3) is 0 Å². The molecule has 140 valence electrons. The second-order valence-corrected chi connectivity index (χ2v) is 7.99. The Hall–Kier alpha value is -3.52. The first-order valence-corrected chi connectivity index (χ1v) is 10.2. The molecule has 0 saturated heterocycles. The lowest BCUT2D eigenvalue weighted by Gasteiger charge is -2.11. The predicted molar refractivity (Wildman–Crippen MR) is 123 cm³/mol. The fourth-order valence-corrected chi connectivity index (χ4v) is 4.74. The van der Waals surface area contributed by atoms with Gasteiger partial charge in [-0.05, 0) is 55.3 Å². The molecule has 0 spiro atoms. The van der Waals surface area contributed by atoms with Crippen molar-refractivity contribution in [3.05, 3.63) is 84.9 Å². The summed E-state index contributed by atoms with van der Waals surface area (Å²) in [6.45, 7) is 4.50. The maximum absolute atomic E-state index is 6.10. The Balaban J connectivity index is 1.70. The Labute approximate surface area is 169 Å². The van der Waals surface area contributed by atoms with Crippen molar-refractivity contribution < 1.29 is 4.42 Å². The highest BCUT2D eigenvalue weighted by Crippen LogP contribution is 2.39. The number of aromatic nitrogens is 1. The molecular weight excluding hydrogens is 354 g/mol. The first kappa shape index (κ1) is 16.4. The Kier molecular flexibility index (Phi) is 3.39. The van der Waals surface area contributed by atoms with Gasteiger partial charge >= 0.3 is 0 Å². The predicted octanol–water partition coefficient (Wildman–Crippen LogP) is 7.94. The highest BCUT2D eigenvalue weighted by molar-refractivity contribution is 6.14. The van der Waals surface area contributed by atoms with E-state index in [-0.39, 0.29) is 0 Å². The van der Waals surface area contributed by atoms with Gasteiger partial charge in [0.1, 0.15) is 11.2 Å².